The molecule has 66 valence electrons. The van der Waals surface area contributed by atoms with Crippen LogP contribution in [-0.4, -0.2) is 12.5 Å². The van der Waals surface area contributed by atoms with Crippen molar-refractivity contribution in [2.24, 2.45) is 11.8 Å². The van der Waals surface area contributed by atoms with Crippen LogP contribution in [0.2, 0.25) is 0 Å². The molecule has 0 spiro atoms. The normalized spacial score (nSPS) is 22.6. The Balaban J connectivity index is 0.000000461. The number of carbonyl (C=O) groups excluding carboxylic acids is 1. The first-order chi connectivity index (χ1) is 5.20. The first kappa shape index (κ1) is 10.5. The van der Waals surface area contributed by atoms with E-state index in [0.29, 0.717) is 11.8 Å². The van der Waals surface area contributed by atoms with E-state index in [0.717, 1.165) is 13.0 Å². The molecule has 0 aromatic rings. The summed E-state index contributed by atoms with van der Waals surface area (Å²) in [4.78, 5) is 10.6. The van der Waals surface area contributed by atoms with Crippen LogP contribution in [0, 0.1) is 11.8 Å². The average molecular weight is 157 g/mol. The molecule has 2 nitrogen and oxygen atoms in total. The lowest BCUT2D eigenvalue weighted by molar-refractivity contribution is -0.119. The van der Waals surface area contributed by atoms with Gasteiger partial charge in [-0.3, -0.25) is 4.79 Å². The van der Waals surface area contributed by atoms with E-state index in [4.69, 9.17) is 0 Å². The van der Waals surface area contributed by atoms with Crippen LogP contribution in [0.5, 0.6) is 0 Å². The Labute approximate surface area is 69.4 Å². The highest BCUT2D eigenvalue weighted by molar-refractivity contribution is 5.78. The van der Waals surface area contributed by atoms with E-state index in [1.807, 2.05) is 13.8 Å². The predicted octanol–water partition coefficient (Wildman–Crippen LogP) is 1.80. The van der Waals surface area contributed by atoms with Crippen LogP contribution in [0.25, 0.3) is 0 Å². The van der Waals surface area contributed by atoms with E-state index in [-0.39, 0.29) is 5.91 Å². The summed E-state index contributed by atoms with van der Waals surface area (Å²) in [5.41, 5.74) is 0. The van der Waals surface area contributed by atoms with Crippen LogP contribution in [0.1, 0.15) is 34.1 Å². The molecule has 2 heteroatoms. The Morgan fingerprint density at radius 3 is 2.18 bits per heavy atom. The van der Waals surface area contributed by atoms with Gasteiger partial charge in [0.2, 0.25) is 5.91 Å². The van der Waals surface area contributed by atoms with Crippen molar-refractivity contribution in [3.63, 3.8) is 0 Å². The molecule has 1 rings (SSSR count). The van der Waals surface area contributed by atoms with Gasteiger partial charge >= 0.3 is 0 Å². The van der Waals surface area contributed by atoms with Crippen molar-refractivity contribution in [2.45, 2.75) is 34.1 Å². The highest BCUT2D eigenvalue weighted by Crippen LogP contribution is 2.17. The second-order valence-corrected chi connectivity index (χ2v) is 3.01. The van der Waals surface area contributed by atoms with Gasteiger partial charge in [0.1, 0.15) is 0 Å². The third-order valence-corrected chi connectivity index (χ3v) is 1.95. The van der Waals surface area contributed by atoms with Gasteiger partial charge in [0.25, 0.3) is 0 Å². The van der Waals surface area contributed by atoms with E-state index in [1.165, 1.54) is 0 Å². The highest BCUT2D eigenvalue weighted by atomic mass is 16.1. The highest BCUT2D eigenvalue weighted by Gasteiger charge is 2.23. The topological polar surface area (TPSA) is 29.1 Å². The van der Waals surface area contributed by atoms with Gasteiger partial charge in [0.15, 0.2) is 0 Å². The number of rotatable bonds is 1. The summed E-state index contributed by atoms with van der Waals surface area (Å²) in [7, 11) is 0. The zero-order chi connectivity index (χ0) is 8.85. The summed E-state index contributed by atoms with van der Waals surface area (Å²) >= 11 is 0. The molecule has 1 atom stereocenters. The molecule has 11 heavy (non-hydrogen) atoms. The fraction of sp³-hybridized carbons (Fsp3) is 0.889. The third-order valence-electron chi connectivity index (χ3n) is 1.95. The summed E-state index contributed by atoms with van der Waals surface area (Å²) < 4.78 is 0. The minimum atomic E-state index is 0.216. The Kier molecular flexibility index (Phi) is 4.92. The molecular formula is C9H19NO. The maximum atomic E-state index is 10.6. The largest absolute Gasteiger partial charge is 0.356 e. The van der Waals surface area contributed by atoms with E-state index >= 15 is 0 Å². The van der Waals surface area contributed by atoms with E-state index in [2.05, 4.69) is 19.2 Å². The van der Waals surface area contributed by atoms with Gasteiger partial charge < -0.3 is 5.32 Å². The molecule has 1 heterocycles. The number of amides is 1. The number of hydrogen-bond donors (Lipinski definition) is 1. The molecule has 1 aliphatic rings. The van der Waals surface area contributed by atoms with Crippen molar-refractivity contribution in [3.05, 3.63) is 0 Å². The molecular weight excluding hydrogens is 138 g/mol. The van der Waals surface area contributed by atoms with Gasteiger partial charge in [0, 0.05) is 13.0 Å². The first-order valence-corrected chi connectivity index (χ1v) is 4.47. The van der Waals surface area contributed by atoms with Crippen LogP contribution in [-0.2, 0) is 4.79 Å². The van der Waals surface area contributed by atoms with Crippen molar-refractivity contribution < 1.29 is 4.79 Å². The zero-order valence-electron chi connectivity index (χ0n) is 7.98. The fourth-order valence-electron chi connectivity index (χ4n) is 1.10. The molecule has 1 unspecified atom stereocenters. The summed E-state index contributed by atoms with van der Waals surface area (Å²) in [5.74, 6) is 1.44. The van der Waals surface area contributed by atoms with Crippen LogP contribution >= 0.6 is 0 Å². The maximum absolute atomic E-state index is 10.6. The molecule has 0 aliphatic carbocycles. The second kappa shape index (κ2) is 5.16. The standard InChI is InChI=1S/C7H13NO.C2H6/c1-5(2)6-3-7(9)8-4-6;1-2/h5-6H,3-4H2,1-2H3,(H,8,9);1-2H3. The number of carbonyl (C=O) groups is 1. The van der Waals surface area contributed by atoms with Crippen molar-refractivity contribution in [3.8, 4) is 0 Å². The van der Waals surface area contributed by atoms with E-state index in [9.17, 15) is 4.79 Å². The quantitative estimate of drug-likeness (QED) is 0.618. The predicted molar refractivity (Wildman–Crippen MR) is 47.3 cm³/mol. The van der Waals surface area contributed by atoms with Crippen molar-refractivity contribution in [2.75, 3.05) is 6.54 Å². The van der Waals surface area contributed by atoms with Crippen LogP contribution < -0.4 is 5.32 Å². The Morgan fingerprint density at radius 1 is 1.45 bits per heavy atom. The third kappa shape index (κ3) is 3.40. The molecule has 0 bridgehead atoms. The van der Waals surface area contributed by atoms with Gasteiger partial charge in [-0.15, -0.1) is 0 Å². The molecule has 1 amide bonds. The van der Waals surface area contributed by atoms with E-state index < -0.39 is 0 Å². The van der Waals surface area contributed by atoms with Crippen molar-refractivity contribution in [1.82, 2.24) is 5.32 Å². The summed E-state index contributed by atoms with van der Waals surface area (Å²) in [6, 6.07) is 0. The van der Waals surface area contributed by atoms with Gasteiger partial charge in [-0.05, 0) is 11.8 Å². The lowest BCUT2D eigenvalue weighted by Crippen LogP contribution is -2.15. The minimum Gasteiger partial charge on any atom is -0.356 e. The van der Waals surface area contributed by atoms with Gasteiger partial charge in [-0.25, -0.2) is 0 Å². The molecule has 0 radical (unpaired) electrons. The Hall–Kier alpha value is -0.530. The van der Waals surface area contributed by atoms with Crippen molar-refractivity contribution >= 4 is 5.91 Å². The van der Waals surface area contributed by atoms with Crippen LogP contribution in [0.4, 0.5) is 0 Å². The lowest BCUT2D eigenvalue weighted by Gasteiger charge is -2.09. The van der Waals surface area contributed by atoms with Gasteiger partial charge in [-0.1, -0.05) is 27.7 Å². The number of hydrogen-bond acceptors (Lipinski definition) is 1. The summed E-state index contributed by atoms with van der Waals surface area (Å²) in [6.07, 6.45) is 0.734. The lowest BCUT2D eigenvalue weighted by atomic mass is 9.95. The van der Waals surface area contributed by atoms with Crippen LogP contribution in [0.3, 0.4) is 0 Å². The van der Waals surface area contributed by atoms with Gasteiger partial charge in [0.05, 0.1) is 0 Å². The smallest absolute Gasteiger partial charge is 0.220 e. The second-order valence-electron chi connectivity index (χ2n) is 3.01. The monoisotopic (exact) mass is 157 g/mol. The van der Waals surface area contributed by atoms with Crippen molar-refractivity contribution in [1.29, 1.82) is 0 Å². The first-order valence-electron chi connectivity index (χ1n) is 4.47. The zero-order valence-corrected chi connectivity index (χ0v) is 7.98. The molecule has 0 aromatic carbocycles. The molecule has 1 fully saturated rings. The molecule has 0 saturated carbocycles. The van der Waals surface area contributed by atoms with Crippen LogP contribution in [0.15, 0.2) is 0 Å². The SMILES string of the molecule is CC.CC(C)C1CNC(=O)C1. The maximum Gasteiger partial charge on any atom is 0.220 e. The molecule has 1 N–H and O–H groups in total. The molecule has 0 aromatic heterocycles. The van der Waals surface area contributed by atoms with E-state index in [1.54, 1.807) is 0 Å². The Bertz CT molecular complexity index is 121. The fourth-order valence-corrected chi connectivity index (χ4v) is 1.10. The summed E-state index contributed by atoms with van der Waals surface area (Å²) in [5, 5.41) is 2.81. The minimum absolute atomic E-state index is 0.216. The average Bonchev–Trinajstić information content (AvgIpc) is 2.40. The molecule has 1 aliphatic heterocycles. The molecule has 1 saturated heterocycles. The number of nitrogens with one attached hydrogen (secondary N) is 1. The Morgan fingerprint density at radius 2 is 2.00 bits per heavy atom. The summed E-state index contributed by atoms with van der Waals surface area (Å²) in [6.45, 7) is 9.20. The van der Waals surface area contributed by atoms with Gasteiger partial charge in [-0.2, -0.15) is 0 Å².